The van der Waals surface area contributed by atoms with Gasteiger partial charge >= 0.3 is 12.1 Å². The quantitative estimate of drug-likeness (QED) is 0.839. The van der Waals surface area contributed by atoms with Gasteiger partial charge in [-0.1, -0.05) is 12.1 Å². The van der Waals surface area contributed by atoms with Crippen molar-refractivity contribution in [2.75, 3.05) is 5.32 Å². The molecular weight excluding hydrogens is 381 g/mol. The average Bonchev–Trinajstić information content (AvgIpc) is 2.91. The Labute approximate surface area is 137 Å². The summed E-state index contributed by atoms with van der Waals surface area (Å²) in [5, 5.41) is 4.29. The molecule has 2 rings (SSSR count). The highest BCUT2D eigenvalue weighted by Crippen LogP contribution is 2.19. The first-order valence-corrected chi connectivity index (χ1v) is 7.05. The van der Waals surface area contributed by atoms with Crippen molar-refractivity contribution < 1.29 is 27.2 Å². The van der Waals surface area contributed by atoms with Gasteiger partial charge in [-0.25, -0.2) is 0 Å². The summed E-state index contributed by atoms with van der Waals surface area (Å²) in [7, 11) is 0. The molecule has 5 nitrogen and oxygen atoms in total. The molecule has 23 heavy (non-hydrogen) atoms. The molecule has 0 bridgehead atoms. The Morgan fingerprint density at radius 2 is 1.91 bits per heavy atom. The Morgan fingerprint density at radius 3 is 2.52 bits per heavy atom. The molecule has 0 atom stereocenters. The van der Waals surface area contributed by atoms with E-state index in [1.165, 1.54) is 24.3 Å². The molecule has 0 aliphatic carbocycles. The predicted octanol–water partition coefficient (Wildman–Crippen LogP) is 3.47. The van der Waals surface area contributed by atoms with E-state index in [1.54, 1.807) is 17.4 Å². The summed E-state index contributed by atoms with van der Waals surface area (Å²) in [4.78, 5) is 22.7. The second kappa shape index (κ2) is 6.86. The van der Waals surface area contributed by atoms with E-state index in [-0.39, 0.29) is 18.0 Å². The maximum Gasteiger partial charge on any atom is 0.471 e. The molecule has 0 fully saturated rings. The minimum atomic E-state index is -4.96. The highest BCUT2D eigenvalue weighted by Gasteiger charge is 2.38. The third kappa shape index (κ3) is 4.85. The second-order valence-electron chi connectivity index (χ2n) is 4.44. The predicted molar refractivity (Wildman–Crippen MR) is 78.7 cm³/mol. The van der Waals surface area contributed by atoms with Gasteiger partial charge in [-0.05, 0) is 45.8 Å². The van der Waals surface area contributed by atoms with Crippen LogP contribution in [0.2, 0.25) is 0 Å². The Bertz CT molecular complexity index is 728. The minimum absolute atomic E-state index is 0.0141. The van der Waals surface area contributed by atoms with Gasteiger partial charge in [-0.3, -0.25) is 9.59 Å². The zero-order valence-electron chi connectivity index (χ0n) is 11.4. The summed E-state index contributed by atoms with van der Waals surface area (Å²) in [5.74, 6) is -2.43. The molecule has 0 radical (unpaired) electrons. The van der Waals surface area contributed by atoms with Crippen LogP contribution in [-0.4, -0.2) is 18.0 Å². The number of carbonyl (C=O) groups is 2. The Morgan fingerprint density at radius 1 is 1.17 bits per heavy atom. The number of hydrogen-bond donors (Lipinski definition) is 2. The SMILES string of the molecule is O=C(NCc1cccc(NC(=O)C(F)(F)F)c1)c1ccc(Br)o1. The normalized spacial score (nSPS) is 11.1. The zero-order chi connectivity index (χ0) is 17.0. The monoisotopic (exact) mass is 390 g/mol. The molecule has 9 heteroatoms. The molecule has 0 unspecified atom stereocenters. The molecule has 2 amide bonds. The standard InChI is InChI=1S/C14H10BrF3N2O3/c15-11-5-4-10(23-11)12(21)19-7-8-2-1-3-9(6-8)20-13(22)14(16,17)18/h1-6H,7H2,(H,19,21)(H,20,22). The van der Waals surface area contributed by atoms with E-state index in [0.29, 0.717) is 10.2 Å². The van der Waals surface area contributed by atoms with E-state index < -0.39 is 18.0 Å². The molecule has 0 aliphatic heterocycles. The van der Waals surface area contributed by atoms with Gasteiger partial charge < -0.3 is 15.1 Å². The van der Waals surface area contributed by atoms with Gasteiger partial charge in [0.15, 0.2) is 10.4 Å². The number of hydrogen-bond acceptors (Lipinski definition) is 3. The molecule has 0 saturated carbocycles. The first kappa shape index (κ1) is 17.1. The van der Waals surface area contributed by atoms with Crippen LogP contribution in [0.1, 0.15) is 16.1 Å². The van der Waals surface area contributed by atoms with Gasteiger partial charge in [-0.15, -0.1) is 0 Å². The molecule has 0 spiro atoms. The van der Waals surface area contributed by atoms with Crippen molar-refractivity contribution in [3.63, 3.8) is 0 Å². The molecule has 0 aliphatic rings. The van der Waals surface area contributed by atoms with Crippen molar-refractivity contribution in [3.05, 3.63) is 52.4 Å². The highest BCUT2D eigenvalue weighted by molar-refractivity contribution is 9.10. The van der Waals surface area contributed by atoms with Crippen LogP contribution in [0.4, 0.5) is 18.9 Å². The minimum Gasteiger partial charge on any atom is -0.444 e. The van der Waals surface area contributed by atoms with E-state index in [2.05, 4.69) is 21.2 Å². The van der Waals surface area contributed by atoms with Crippen LogP contribution in [0.25, 0.3) is 0 Å². The molecule has 2 N–H and O–H groups in total. The lowest BCUT2D eigenvalue weighted by Gasteiger charge is -2.09. The van der Waals surface area contributed by atoms with Gasteiger partial charge in [0.25, 0.3) is 5.91 Å². The van der Waals surface area contributed by atoms with Crippen LogP contribution in [-0.2, 0) is 11.3 Å². The first-order valence-electron chi connectivity index (χ1n) is 6.26. The topological polar surface area (TPSA) is 71.3 Å². The summed E-state index contributed by atoms with van der Waals surface area (Å²) < 4.78 is 42.1. The molecule has 1 heterocycles. The van der Waals surface area contributed by atoms with Crippen LogP contribution in [0.15, 0.2) is 45.5 Å². The highest BCUT2D eigenvalue weighted by atomic mass is 79.9. The summed E-state index contributed by atoms with van der Waals surface area (Å²) in [6, 6.07) is 8.75. The number of furan rings is 1. The summed E-state index contributed by atoms with van der Waals surface area (Å²) in [6.45, 7) is 0.0624. The van der Waals surface area contributed by atoms with Gasteiger partial charge in [0, 0.05) is 12.2 Å². The van der Waals surface area contributed by atoms with Crippen LogP contribution in [0.5, 0.6) is 0 Å². The van der Waals surface area contributed by atoms with Gasteiger partial charge in [0.05, 0.1) is 0 Å². The Balaban J connectivity index is 1.97. The van der Waals surface area contributed by atoms with E-state index in [0.717, 1.165) is 0 Å². The maximum absolute atomic E-state index is 12.2. The molecule has 1 aromatic heterocycles. The summed E-state index contributed by atoms with van der Waals surface area (Å²) in [6.07, 6.45) is -4.96. The number of anilines is 1. The van der Waals surface area contributed by atoms with Crippen molar-refractivity contribution in [2.24, 2.45) is 0 Å². The third-order valence-electron chi connectivity index (χ3n) is 2.69. The number of rotatable bonds is 4. The van der Waals surface area contributed by atoms with Crippen LogP contribution in [0.3, 0.4) is 0 Å². The fraction of sp³-hybridized carbons (Fsp3) is 0.143. The van der Waals surface area contributed by atoms with Crippen molar-refractivity contribution in [1.29, 1.82) is 0 Å². The van der Waals surface area contributed by atoms with E-state index in [4.69, 9.17) is 4.42 Å². The molecular formula is C14H10BrF3N2O3. The number of halogens is 4. The number of alkyl halides is 3. The Hall–Kier alpha value is -2.29. The summed E-state index contributed by atoms with van der Waals surface area (Å²) in [5.41, 5.74) is 0.503. The fourth-order valence-corrected chi connectivity index (χ4v) is 1.97. The number of carbonyl (C=O) groups excluding carboxylic acids is 2. The molecule has 122 valence electrons. The lowest BCUT2D eigenvalue weighted by Crippen LogP contribution is -2.30. The fourth-order valence-electron chi connectivity index (χ4n) is 1.67. The molecule has 1 aromatic carbocycles. The lowest BCUT2D eigenvalue weighted by molar-refractivity contribution is -0.167. The molecule has 2 aromatic rings. The zero-order valence-corrected chi connectivity index (χ0v) is 13.0. The number of benzene rings is 1. The first-order chi connectivity index (χ1) is 10.8. The van der Waals surface area contributed by atoms with E-state index in [1.807, 2.05) is 0 Å². The smallest absolute Gasteiger partial charge is 0.444 e. The van der Waals surface area contributed by atoms with Crippen LogP contribution < -0.4 is 10.6 Å². The number of amides is 2. The average molecular weight is 391 g/mol. The van der Waals surface area contributed by atoms with Crippen molar-refractivity contribution >= 4 is 33.4 Å². The Kier molecular flexibility index (Phi) is 5.09. The van der Waals surface area contributed by atoms with Gasteiger partial charge in [0.1, 0.15) is 0 Å². The second-order valence-corrected chi connectivity index (χ2v) is 5.22. The van der Waals surface area contributed by atoms with Crippen LogP contribution >= 0.6 is 15.9 Å². The summed E-state index contributed by atoms with van der Waals surface area (Å²) >= 11 is 3.07. The van der Waals surface area contributed by atoms with E-state index >= 15 is 0 Å². The lowest BCUT2D eigenvalue weighted by atomic mass is 10.2. The maximum atomic E-state index is 12.2. The van der Waals surface area contributed by atoms with Gasteiger partial charge in [-0.2, -0.15) is 13.2 Å². The largest absolute Gasteiger partial charge is 0.471 e. The van der Waals surface area contributed by atoms with Gasteiger partial charge in [0.2, 0.25) is 0 Å². The third-order valence-corrected chi connectivity index (χ3v) is 3.12. The van der Waals surface area contributed by atoms with E-state index in [9.17, 15) is 22.8 Å². The van der Waals surface area contributed by atoms with Crippen LogP contribution in [0, 0.1) is 0 Å². The molecule has 0 saturated heterocycles. The van der Waals surface area contributed by atoms with Crippen molar-refractivity contribution in [1.82, 2.24) is 5.32 Å². The van der Waals surface area contributed by atoms with Crippen molar-refractivity contribution in [2.45, 2.75) is 12.7 Å². The van der Waals surface area contributed by atoms with Crippen molar-refractivity contribution in [3.8, 4) is 0 Å². The number of nitrogens with one attached hydrogen (secondary N) is 2.